The van der Waals surface area contributed by atoms with Crippen molar-refractivity contribution in [1.29, 1.82) is 0 Å². The number of non-ortho nitro benzene ring substituents is 1. The van der Waals surface area contributed by atoms with Gasteiger partial charge in [-0.25, -0.2) is 17.9 Å². The lowest BCUT2D eigenvalue weighted by Gasteiger charge is -2.21. The van der Waals surface area contributed by atoms with Crippen molar-refractivity contribution in [2.75, 3.05) is 0 Å². The predicted molar refractivity (Wildman–Crippen MR) is 98.2 cm³/mol. The molecule has 2 amide bonds. The summed E-state index contributed by atoms with van der Waals surface area (Å²) in [6, 6.07) is 10.5. The summed E-state index contributed by atoms with van der Waals surface area (Å²) in [5, 5.41) is 13.5. The maximum Gasteiger partial charge on any atom is 0.329 e. The van der Waals surface area contributed by atoms with E-state index in [2.05, 4.69) is 5.32 Å². The van der Waals surface area contributed by atoms with E-state index in [9.17, 15) is 23.3 Å². The van der Waals surface area contributed by atoms with E-state index in [0.717, 1.165) is 12.1 Å². The third kappa shape index (κ3) is 5.68. The molecule has 0 aliphatic heterocycles. The van der Waals surface area contributed by atoms with Crippen LogP contribution in [-0.2, 0) is 10.0 Å². The van der Waals surface area contributed by atoms with Crippen LogP contribution < -0.4 is 14.8 Å². The molecule has 0 unspecified atom stereocenters. The summed E-state index contributed by atoms with van der Waals surface area (Å²) in [6.07, 6.45) is 0. The van der Waals surface area contributed by atoms with Crippen molar-refractivity contribution in [2.24, 2.45) is 0 Å². The Bertz CT molecular complexity index is 952. The second kappa shape index (κ2) is 7.62. The Kier molecular flexibility index (Phi) is 5.69. The zero-order chi connectivity index (χ0) is 20.2. The highest BCUT2D eigenvalue weighted by Crippen LogP contribution is 2.31. The summed E-state index contributed by atoms with van der Waals surface area (Å²) in [4.78, 5) is 21.7. The summed E-state index contributed by atoms with van der Waals surface area (Å²) in [6.45, 7) is 5.03. The standard InChI is InChI=1S/C17H19N3O6S/c1-17(2,3)18-16(21)19-27(24,25)15-11-12(20(22)23)9-10-14(15)26-13-7-5-4-6-8-13/h4-11H,1-3H3,(H2,18,19,21). The number of nitrogens with zero attached hydrogens (tertiary/aromatic N) is 1. The van der Waals surface area contributed by atoms with Crippen molar-refractivity contribution in [2.45, 2.75) is 31.2 Å². The Morgan fingerprint density at radius 3 is 2.30 bits per heavy atom. The third-order valence-electron chi connectivity index (χ3n) is 3.11. The molecule has 0 aromatic heterocycles. The van der Waals surface area contributed by atoms with E-state index in [-0.39, 0.29) is 5.75 Å². The summed E-state index contributed by atoms with van der Waals surface area (Å²) < 4.78 is 32.7. The van der Waals surface area contributed by atoms with Gasteiger partial charge in [-0.2, -0.15) is 0 Å². The van der Waals surface area contributed by atoms with Gasteiger partial charge in [0.05, 0.1) is 4.92 Å². The highest BCUT2D eigenvalue weighted by atomic mass is 32.2. The number of ether oxygens (including phenoxy) is 1. The van der Waals surface area contributed by atoms with Crippen LogP contribution in [0, 0.1) is 10.1 Å². The van der Waals surface area contributed by atoms with Crippen LogP contribution in [-0.4, -0.2) is 24.9 Å². The lowest BCUT2D eigenvalue weighted by molar-refractivity contribution is -0.385. The Balaban J connectivity index is 2.43. The van der Waals surface area contributed by atoms with E-state index in [1.165, 1.54) is 6.07 Å². The molecule has 9 nitrogen and oxygen atoms in total. The van der Waals surface area contributed by atoms with Crippen molar-refractivity contribution < 1.29 is 22.9 Å². The van der Waals surface area contributed by atoms with Gasteiger partial charge in [-0.3, -0.25) is 10.1 Å². The van der Waals surface area contributed by atoms with Crippen LogP contribution in [0.3, 0.4) is 0 Å². The fourth-order valence-electron chi connectivity index (χ4n) is 2.06. The lowest BCUT2D eigenvalue weighted by atomic mass is 10.1. The highest BCUT2D eigenvalue weighted by Gasteiger charge is 2.27. The molecule has 2 aromatic carbocycles. The highest BCUT2D eigenvalue weighted by molar-refractivity contribution is 7.90. The molecule has 2 N–H and O–H groups in total. The molecule has 2 aromatic rings. The largest absolute Gasteiger partial charge is 0.456 e. The third-order valence-corrected chi connectivity index (χ3v) is 4.47. The Labute approximate surface area is 156 Å². The Morgan fingerprint density at radius 1 is 1.11 bits per heavy atom. The van der Waals surface area contributed by atoms with Crippen LogP contribution in [0.15, 0.2) is 53.4 Å². The van der Waals surface area contributed by atoms with Crippen LogP contribution in [0.5, 0.6) is 11.5 Å². The first-order valence-electron chi connectivity index (χ1n) is 7.84. The fourth-order valence-corrected chi connectivity index (χ4v) is 3.12. The molecule has 27 heavy (non-hydrogen) atoms. The van der Waals surface area contributed by atoms with Gasteiger partial charge < -0.3 is 10.1 Å². The van der Waals surface area contributed by atoms with Crippen LogP contribution >= 0.6 is 0 Å². The zero-order valence-electron chi connectivity index (χ0n) is 14.9. The van der Waals surface area contributed by atoms with Crippen molar-refractivity contribution in [3.63, 3.8) is 0 Å². The second-order valence-electron chi connectivity index (χ2n) is 6.61. The van der Waals surface area contributed by atoms with Crippen molar-refractivity contribution in [1.82, 2.24) is 10.0 Å². The molecule has 10 heteroatoms. The maximum atomic E-state index is 12.6. The average Bonchev–Trinajstić information content (AvgIpc) is 2.53. The normalized spacial score (nSPS) is 11.5. The minimum Gasteiger partial charge on any atom is -0.456 e. The van der Waals surface area contributed by atoms with Crippen molar-refractivity contribution in [3.05, 3.63) is 58.6 Å². The summed E-state index contributed by atoms with van der Waals surface area (Å²) in [5.74, 6) is 0.185. The lowest BCUT2D eigenvalue weighted by Crippen LogP contribution is -2.48. The molecule has 0 saturated carbocycles. The number of carbonyl (C=O) groups excluding carboxylic acids is 1. The zero-order valence-corrected chi connectivity index (χ0v) is 15.7. The van der Waals surface area contributed by atoms with Gasteiger partial charge in [-0.1, -0.05) is 18.2 Å². The number of benzene rings is 2. The number of carbonyl (C=O) groups is 1. The maximum absolute atomic E-state index is 12.6. The summed E-state index contributed by atoms with van der Waals surface area (Å²) >= 11 is 0. The number of urea groups is 1. The molecule has 0 fully saturated rings. The molecule has 2 rings (SSSR count). The molecular formula is C17H19N3O6S. The van der Waals surface area contributed by atoms with Crippen LogP contribution in [0.2, 0.25) is 0 Å². The number of nitrogens with one attached hydrogen (secondary N) is 2. The quantitative estimate of drug-likeness (QED) is 0.593. The molecule has 0 saturated heterocycles. The van der Waals surface area contributed by atoms with Gasteiger partial charge >= 0.3 is 6.03 Å². The Morgan fingerprint density at radius 2 is 1.74 bits per heavy atom. The van der Waals surface area contributed by atoms with Crippen LogP contribution in [0.25, 0.3) is 0 Å². The SMILES string of the molecule is CC(C)(C)NC(=O)NS(=O)(=O)c1cc([N+](=O)[O-])ccc1Oc1ccccc1. The first-order chi connectivity index (χ1) is 12.5. The van der Waals surface area contributed by atoms with Gasteiger partial charge in [-0.05, 0) is 39.0 Å². The van der Waals surface area contributed by atoms with Crippen LogP contribution in [0.4, 0.5) is 10.5 Å². The molecule has 0 spiro atoms. The van der Waals surface area contributed by atoms with E-state index in [1.54, 1.807) is 51.1 Å². The van der Waals surface area contributed by atoms with Crippen molar-refractivity contribution >= 4 is 21.7 Å². The first kappa shape index (κ1) is 20.2. The fraction of sp³-hybridized carbons (Fsp3) is 0.235. The van der Waals surface area contributed by atoms with E-state index in [0.29, 0.717) is 5.75 Å². The van der Waals surface area contributed by atoms with E-state index < -0.39 is 37.1 Å². The topological polar surface area (TPSA) is 128 Å². The van der Waals surface area contributed by atoms with Crippen LogP contribution in [0.1, 0.15) is 20.8 Å². The van der Waals surface area contributed by atoms with Gasteiger partial charge in [0.25, 0.3) is 15.7 Å². The molecule has 144 valence electrons. The second-order valence-corrected chi connectivity index (χ2v) is 8.26. The minimum atomic E-state index is -4.43. The van der Waals surface area contributed by atoms with Gasteiger partial charge in [0.1, 0.15) is 16.4 Å². The van der Waals surface area contributed by atoms with E-state index in [4.69, 9.17) is 4.74 Å². The molecule has 0 bridgehead atoms. The van der Waals surface area contributed by atoms with Gasteiger partial charge in [-0.15, -0.1) is 0 Å². The predicted octanol–water partition coefficient (Wildman–Crippen LogP) is 3.17. The molecule has 0 heterocycles. The molecule has 0 aliphatic carbocycles. The van der Waals surface area contributed by atoms with Gasteiger partial charge in [0.2, 0.25) is 0 Å². The molecule has 0 radical (unpaired) electrons. The van der Waals surface area contributed by atoms with E-state index >= 15 is 0 Å². The summed E-state index contributed by atoms with van der Waals surface area (Å²) in [7, 11) is -4.43. The van der Waals surface area contributed by atoms with Gasteiger partial charge in [0.15, 0.2) is 0 Å². The number of sulfonamides is 1. The summed E-state index contributed by atoms with van der Waals surface area (Å²) in [5.41, 5.74) is -1.13. The molecule has 0 aliphatic rings. The number of hydrogen-bond donors (Lipinski definition) is 2. The number of hydrogen-bond acceptors (Lipinski definition) is 6. The number of amides is 2. The minimum absolute atomic E-state index is 0.150. The average molecular weight is 393 g/mol. The monoisotopic (exact) mass is 393 g/mol. The molecular weight excluding hydrogens is 374 g/mol. The smallest absolute Gasteiger partial charge is 0.329 e. The van der Waals surface area contributed by atoms with Crippen molar-refractivity contribution in [3.8, 4) is 11.5 Å². The molecule has 0 atom stereocenters. The van der Waals surface area contributed by atoms with E-state index in [1.807, 2.05) is 4.72 Å². The first-order valence-corrected chi connectivity index (χ1v) is 9.32. The number of nitro groups is 1. The van der Waals surface area contributed by atoms with Gasteiger partial charge in [0, 0.05) is 17.7 Å². The number of rotatable bonds is 5. The number of para-hydroxylation sites is 1. The number of nitro benzene ring substituents is 1. The Hall–Kier alpha value is -3.14.